The molecule has 6 nitrogen and oxygen atoms in total. The largest absolute Gasteiger partial charge is 0.423 e. The van der Waals surface area contributed by atoms with Gasteiger partial charge >= 0.3 is 6.18 Å². The molecule has 0 fully saturated rings. The van der Waals surface area contributed by atoms with Gasteiger partial charge in [-0.05, 0) is 34.6 Å². The second-order valence-corrected chi connectivity index (χ2v) is 8.57. The van der Waals surface area contributed by atoms with E-state index < -0.39 is 24.0 Å². The number of carbonyl (C=O) groups excluding carboxylic acids is 1. The number of nitrogens with zero attached hydrogens (tertiary/aromatic N) is 3. The van der Waals surface area contributed by atoms with Crippen molar-refractivity contribution in [3.63, 3.8) is 0 Å². The van der Waals surface area contributed by atoms with Gasteiger partial charge < -0.3 is 5.32 Å². The van der Waals surface area contributed by atoms with Gasteiger partial charge in [-0.3, -0.25) is 4.79 Å². The number of thiophene rings is 1. The van der Waals surface area contributed by atoms with Gasteiger partial charge in [-0.15, -0.1) is 22.4 Å². The molecular formula is C19H19ClF3N5OS. The third kappa shape index (κ3) is 4.68. The third-order valence-corrected chi connectivity index (χ3v) is 5.98. The molecule has 2 N–H and O–H groups in total. The molecule has 0 aromatic carbocycles. The summed E-state index contributed by atoms with van der Waals surface area (Å²) in [5, 5.41) is 15.1. The van der Waals surface area contributed by atoms with E-state index in [4.69, 9.17) is 11.6 Å². The average molecular weight is 458 g/mol. The summed E-state index contributed by atoms with van der Waals surface area (Å²) in [6.07, 6.45) is -1.39. The summed E-state index contributed by atoms with van der Waals surface area (Å²) in [6.45, 7) is 2.05. The Kier molecular flexibility index (Phi) is 6.83. The van der Waals surface area contributed by atoms with Gasteiger partial charge in [0.05, 0.1) is 9.91 Å². The van der Waals surface area contributed by atoms with Gasteiger partial charge in [-0.2, -0.15) is 13.2 Å². The van der Waals surface area contributed by atoms with Gasteiger partial charge in [-0.25, -0.2) is 5.10 Å². The Morgan fingerprint density at radius 2 is 2.10 bits per heavy atom. The Morgan fingerprint density at radius 3 is 2.70 bits per heavy atom. The van der Waals surface area contributed by atoms with Crippen LogP contribution in [0.5, 0.6) is 0 Å². The van der Waals surface area contributed by atoms with Crippen LogP contribution in [-0.4, -0.2) is 38.2 Å². The highest BCUT2D eigenvalue weighted by Crippen LogP contribution is 2.45. The van der Waals surface area contributed by atoms with E-state index >= 15 is 0 Å². The minimum atomic E-state index is -4.78. The Morgan fingerprint density at radius 1 is 1.30 bits per heavy atom. The highest BCUT2D eigenvalue weighted by Gasteiger charge is 2.58. The van der Waals surface area contributed by atoms with E-state index in [1.54, 1.807) is 12.1 Å². The number of alkyl halides is 3. The zero-order chi connectivity index (χ0) is 21.8. The Bertz CT molecular complexity index is 990. The molecule has 160 valence electrons. The minimum Gasteiger partial charge on any atom is -0.328 e. The normalized spacial score (nSPS) is 19.4. The van der Waals surface area contributed by atoms with Gasteiger partial charge in [0.2, 0.25) is 5.54 Å². The van der Waals surface area contributed by atoms with Crippen LogP contribution in [0, 0.1) is 11.8 Å². The van der Waals surface area contributed by atoms with E-state index in [9.17, 15) is 18.0 Å². The fraction of sp³-hybridized carbons (Fsp3) is 0.474. The first-order valence-electron chi connectivity index (χ1n) is 9.39. The van der Waals surface area contributed by atoms with Crippen molar-refractivity contribution in [1.82, 2.24) is 25.9 Å². The smallest absolute Gasteiger partial charge is 0.328 e. The molecule has 2 aromatic rings. The van der Waals surface area contributed by atoms with Crippen LogP contribution in [0.1, 0.15) is 56.2 Å². The molecule has 1 aliphatic heterocycles. The number of hydrogen-bond acceptors (Lipinski definition) is 5. The number of hydrogen-bond donors (Lipinski definition) is 2. The summed E-state index contributed by atoms with van der Waals surface area (Å²) in [7, 11) is 0. The molecule has 1 amide bonds. The second kappa shape index (κ2) is 9.18. The topological polar surface area (TPSA) is 83.6 Å². The zero-order valence-corrected chi connectivity index (χ0v) is 17.6. The van der Waals surface area contributed by atoms with Crippen LogP contribution in [0.15, 0.2) is 12.1 Å². The maximum absolute atomic E-state index is 14.2. The van der Waals surface area contributed by atoms with Crippen LogP contribution in [-0.2, 0) is 4.79 Å². The highest BCUT2D eigenvalue weighted by molar-refractivity contribution is 7.17. The van der Waals surface area contributed by atoms with Crippen molar-refractivity contribution >= 4 is 40.0 Å². The lowest BCUT2D eigenvalue weighted by molar-refractivity contribution is -0.180. The minimum absolute atomic E-state index is 0.0182. The Hall–Kier alpha value is -2.38. The molecule has 1 atom stereocenters. The fourth-order valence-electron chi connectivity index (χ4n) is 3.16. The van der Waals surface area contributed by atoms with E-state index in [1.807, 2.05) is 6.92 Å². The van der Waals surface area contributed by atoms with E-state index in [0.717, 1.165) is 30.6 Å². The van der Waals surface area contributed by atoms with Crippen molar-refractivity contribution in [1.29, 1.82) is 0 Å². The molecule has 1 unspecified atom stereocenters. The molecule has 30 heavy (non-hydrogen) atoms. The lowest BCUT2D eigenvalue weighted by atomic mass is 9.83. The fourth-order valence-corrected chi connectivity index (χ4v) is 4.26. The first kappa shape index (κ1) is 22.3. The maximum atomic E-state index is 14.2. The predicted molar refractivity (Wildman–Crippen MR) is 108 cm³/mol. The highest BCUT2D eigenvalue weighted by atomic mass is 35.5. The number of carbonyl (C=O) groups is 1. The maximum Gasteiger partial charge on any atom is 0.423 e. The molecule has 0 saturated heterocycles. The number of unbranched alkanes of at least 4 members (excludes halogenated alkanes) is 4. The Labute approximate surface area is 180 Å². The van der Waals surface area contributed by atoms with Crippen LogP contribution in [0.25, 0.3) is 11.1 Å². The standard InChI is InChI=1S/C19H19ClF3N5OS/c1-2-3-4-5-6-7-10-18(19(21,22)23)11-12(13-8-9-14(20)30-13)15(17(29)24-18)16-25-27-28-26-16/h8-9H,2-6,11H2,1H3,(H,24,29)(H,25,26,27,28). The number of amides is 1. The molecule has 0 saturated carbocycles. The molecule has 0 aliphatic carbocycles. The van der Waals surface area contributed by atoms with E-state index in [-0.39, 0.29) is 17.0 Å². The molecule has 2 aromatic heterocycles. The van der Waals surface area contributed by atoms with Gasteiger partial charge in [0.15, 0.2) is 5.82 Å². The van der Waals surface area contributed by atoms with Crippen LogP contribution in [0.4, 0.5) is 13.2 Å². The zero-order valence-electron chi connectivity index (χ0n) is 16.1. The number of nitrogens with one attached hydrogen (secondary N) is 2. The molecule has 11 heteroatoms. The molecule has 3 heterocycles. The summed E-state index contributed by atoms with van der Waals surface area (Å²) in [4.78, 5) is 13.3. The van der Waals surface area contributed by atoms with Crippen LogP contribution >= 0.6 is 22.9 Å². The predicted octanol–water partition coefficient (Wildman–Crippen LogP) is 4.62. The van der Waals surface area contributed by atoms with Gasteiger partial charge in [0, 0.05) is 17.7 Å². The van der Waals surface area contributed by atoms with E-state index in [1.165, 1.54) is 0 Å². The summed E-state index contributed by atoms with van der Waals surface area (Å²) in [6, 6.07) is 3.13. The summed E-state index contributed by atoms with van der Waals surface area (Å²) >= 11 is 7.07. The summed E-state index contributed by atoms with van der Waals surface area (Å²) < 4.78 is 42.8. The number of halogens is 4. The molecular weight excluding hydrogens is 439 g/mol. The van der Waals surface area contributed by atoms with Gasteiger partial charge in [0.1, 0.15) is 0 Å². The molecule has 3 rings (SSSR count). The SMILES string of the molecule is CCCCCCC#CC1(C(F)(F)F)CC(c2ccc(Cl)s2)=C(c2nnn[nH]2)C(=O)N1. The quantitative estimate of drug-likeness (QED) is 0.489. The third-order valence-electron chi connectivity index (χ3n) is 4.69. The number of rotatable bonds is 6. The van der Waals surface area contributed by atoms with Crippen LogP contribution < -0.4 is 5.32 Å². The lowest BCUT2D eigenvalue weighted by Crippen LogP contribution is -2.60. The molecule has 1 aliphatic rings. The number of tetrazole rings is 1. The van der Waals surface area contributed by atoms with Crippen molar-refractivity contribution in [3.05, 3.63) is 27.2 Å². The van der Waals surface area contributed by atoms with Crippen molar-refractivity contribution in [2.45, 2.75) is 57.2 Å². The van der Waals surface area contributed by atoms with Gasteiger partial charge in [0.25, 0.3) is 5.91 Å². The average Bonchev–Trinajstić information content (AvgIpc) is 3.35. The van der Waals surface area contributed by atoms with E-state index in [0.29, 0.717) is 22.1 Å². The monoisotopic (exact) mass is 457 g/mol. The molecule has 0 spiro atoms. The van der Waals surface area contributed by atoms with Gasteiger partial charge in [-0.1, -0.05) is 43.7 Å². The lowest BCUT2D eigenvalue weighted by Gasteiger charge is -2.36. The summed E-state index contributed by atoms with van der Waals surface area (Å²) in [5.74, 6) is 3.99. The Balaban J connectivity index is 2.03. The first-order chi connectivity index (χ1) is 14.3. The number of aromatic amines is 1. The van der Waals surface area contributed by atoms with E-state index in [2.05, 4.69) is 37.8 Å². The number of aromatic nitrogens is 4. The van der Waals surface area contributed by atoms with Crippen LogP contribution in [0.2, 0.25) is 4.34 Å². The van der Waals surface area contributed by atoms with Crippen molar-refractivity contribution in [2.75, 3.05) is 0 Å². The molecule has 0 radical (unpaired) electrons. The second-order valence-electron chi connectivity index (χ2n) is 6.85. The van der Waals surface area contributed by atoms with Crippen molar-refractivity contribution < 1.29 is 18.0 Å². The number of H-pyrrole nitrogens is 1. The summed E-state index contributed by atoms with van der Waals surface area (Å²) in [5.41, 5.74) is -2.60. The molecule has 0 bridgehead atoms. The van der Waals surface area contributed by atoms with Crippen molar-refractivity contribution in [3.8, 4) is 11.8 Å². The van der Waals surface area contributed by atoms with Crippen LogP contribution in [0.3, 0.4) is 0 Å². The first-order valence-corrected chi connectivity index (χ1v) is 10.6. The van der Waals surface area contributed by atoms with Crippen molar-refractivity contribution in [2.24, 2.45) is 0 Å².